The number of amides is 2. The first-order valence-electron chi connectivity index (χ1n) is 11.7. The standard InChI is InChI=1S/C23H34N4O3/c1-2-24-17-21(27(23(24)28)18-7-4-3-5-8-18)26-13-11-25(12-14-26)19-9-6-10-20-22(19)30-16-15-29-20/h6,9-10,18,21H,2-5,7-8,11-17H2,1H3. The number of anilines is 1. The molecule has 5 rings (SSSR count). The molecule has 3 aliphatic heterocycles. The summed E-state index contributed by atoms with van der Waals surface area (Å²) in [5.74, 6) is 1.74. The molecule has 1 aromatic rings. The molecule has 1 saturated carbocycles. The van der Waals surface area contributed by atoms with Gasteiger partial charge in [-0.1, -0.05) is 25.3 Å². The second kappa shape index (κ2) is 8.53. The maximum absolute atomic E-state index is 13.1. The van der Waals surface area contributed by atoms with E-state index >= 15 is 0 Å². The highest BCUT2D eigenvalue weighted by molar-refractivity contribution is 5.77. The van der Waals surface area contributed by atoms with Gasteiger partial charge in [-0.3, -0.25) is 4.90 Å². The normalized spacial score (nSPS) is 25.8. The van der Waals surface area contributed by atoms with Gasteiger partial charge in [0.05, 0.1) is 12.2 Å². The van der Waals surface area contributed by atoms with E-state index in [9.17, 15) is 4.79 Å². The van der Waals surface area contributed by atoms with Crippen LogP contribution in [0.1, 0.15) is 39.0 Å². The molecule has 7 heteroatoms. The number of rotatable bonds is 4. The molecule has 2 amide bonds. The van der Waals surface area contributed by atoms with Crippen LogP contribution in [-0.4, -0.2) is 85.4 Å². The molecule has 0 bridgehead atoms. The lowest BCUT2D eigenvalue weighted by atomic mass is 9.94. The number of carbonyl (C=O) groups is 1. The van der Waals surface area contributed by atoms with Crippen molar-refractivity contribution in [2.75, 3.05) is 57.4 Å². The molecule has 164 valence electrons. The van der Waals surface area contributed by atoms with Crippen LogP contribution in [0.15, 0.2) is 18.2 Å². The average molecular weight is 415 g/mol. The Bertz CT molecular complexity index is 759. The van der Waals surface area contributed by atoms with Crippen LogP contribution in [-0.2, 0) is 0 Å². The lowest BCUT2D eigenvalue weighted by Crippen LogP contribution is -2.57. The third-order valence-electron chi connectivity index (χ3n) is 7.17. The lowest BCUT2D eigenvalue weighted by molar-refractivity contribution is 0.0539. The molecule has 0 aromatic heterocycles. The fourth-order valence-electron chi connectivity index (χ4n) is 5.54. The Morgan fingerprint density at radius 2 is 1.77 bits per heavy atom. The van der Waals surface area contributed by atoms with Crippen LogP contribution in [0.5, 0.6) is 11.5 Å². The Morgan fingerprint density at radius 1 is 1.00 bits per heavy atom. The van der Waals surface area contributed by atoms with Gasteiger partial charge >= 0.3 is 6.03 Å². The molecule has 30 heavy (non-hydrogen) atoms. The van der Waals surface area contributed by atoms with E-state index in [4.69, 9.17) is 9.47 Å². The molecule has 1 atom stereocenters. The quantitative estimate of drug-likeness (QED) is 0.758. The van der Waals surface area contributed by atoms with Gasteiger partial charge in [0.25, 0.3) is 0 Å². The van der Waals surface area contributed by atoms with E-state index in [-0.39, 0.29) is 12.2 Å². The monoisotopic (exact) mass is 414 g/mol. The highest BCUT2D eigenvalue weighted by Crippen LogP contribution is 2.40. The Labute approximate surface area is 179 Å². The maximum atomic E-state index is 13.1. The number of ether oxygens (including phenoxy) is 2. The number of carbonyl (C=O) groups excluding carboxylic acids is 1. The van der Waals surface area contributed by atoms with Crippen LogP contribution in [0, 0.1) is 0 Å². The maximum Gasteiger partial charge on any atom is 0.321 e. The number of hydrogen-bond donors (Lipinski definition) is 0. The first-order valence-corrected chi connectivity index (χ1v) is 11.7. The summed E-state index contributed by atoms with van der Waals surface area (Å²) < 4.78 is 11.7. The number of fused-ring (bicyclic) bond motifs is 1. The minimum absolute atomic E-state index is 0.215. The van der Waals surface area contributed by atoms with Gasteiger partial charge in [0.15, 0.2) is 11.5 Å². The Balaban J connectivity index is 1.29. The van der Waals surface area contributed by atoms with E-state index < -0.39 is 0 Å². The topological polar surface area (TPSA) is 48.5 Å². The molecule has 7 nitrogen and oxygen atoms in total. The molecule has 2 saturated heterocycles. The minimum atomic E-state index is 0.215. The molecular formula is C23H34N4O3. The van der Waals surface area contributed by atoms with E-state index in [0.29, 0.717) is 19.3 Å². The molecule has 4 aliphatic rings. The largest absolute Gasteiger partial charge is 0.486 e. The summed E-state index contributed by atoms with van der Waals surface area (Å²) in [6, 6.07) is 6.83. The zero-order valence-corrected chi connectivity index (χ0v) is 18.1. The van der Waals surface area contributed by atoms with E-state index in [1.54, 1.807) is 0 Å². The van der Waals surface area contributed by atoms with Crippen molar-refractivity contribution in [1.29, 1.82) is 0 Å². The van der Waals surface area contributed by atoms with Crippen molar-refractivity contribution in [1.82, 2.24) is 14.7 Å². The second-order valence-corrected chi connectivity index (χ2v) is 8.83. The highest BCUT2D eigenvalue weighted by Gasteiger charge is 2.44. The third kappa shape index (κ3) is 3.57. The molecule has 0 spiro atoms. The molecule has 1 aromatic carbocycles. The highest BCUT2D eigenvalue weighted by atomic mass is 16.6. The van der Waals surface area contributed by atoms with E-state index in [2.05, 4.69) is 33.8 Å². The van der Waals surface area contributed by atoms with E-state index in [0.717, 1.165) is 69.3 Å². The number of urea groups is 1. The van der Waals surface area contributed by atoms with Crippen LogP contribution in [0.2, 0.25) is 0 Å². The van der Waals surface area contributed by atoms with Gasteiger partial charge in [0, 0.05) is 38.8 Å². The first-order chi connectivity index (χ1) is 14.8. The fraction of sp³-hybridized carbons (Fsp3) is 0.696. The molecule has 1 aliphatic carbocycles. The fourth-order valence-corrected chi connectivity index (χ4v) is 5.54. The molecule has 0 N–H and O–H groups in total. The van der Waals surface area contributed by atoms with Gasteiger partial charge in [-0.2, -0.15) is 0 Å². The van der Waals surface area contributed by atoms with Gasteiger partial charge in [-0.25, -0.2) is 4.79 Å². The zero-order valence-electron chi connectivity index (χ0n) is 18.1. The number of nitrogens with zero attached hydrogens (tertiary/aromatic N) is 4. The predicted molar refractivity (Wildman–Crippen MR) is 116 cm³/mol. The van der Waals surface area contributed by atoms with Gasteiger partial charge in [-0.15, -0.1) is 0 Å². The summed E-state index contributed by atoms with van der Waals surface area (Å²) >= 11 is 0. The molecule has 3 fully saturated rings. The van der Waals surface area contributed by atoms with E-state index in [1.807, 2.05) is 11.0 Å². The summed E-state index contributed by atoms with van der Waals surface area (Å²) in [5, 5.41) is 0. The van der Waals surface area contributed by atoms with Crippen molar-refractivity contribution in [3.8, 4) is 11.5 Å². The molecule has 3 heterocycles. The van der Waals surface area contributed by atoms with Crippen molar-refractivity contribution in [3.63, 3.8) is 0 Å². The van der Waals surface area contributed by atoms with Gasteiger partial charge in [0.2, 0.25) is 0 Å². The first kappa shape index (κ1) is 19.8. The summed E-state index contributed by atoms with van der Waals surface area (Å²) in [6.45, 7) is 8.76. The van der Waals surface area contributed by atoms with Crippen LogP contribution in [0.4, 0.5) is 10.5 Å². The third-order valence-corrected chi connectivity index (χ3v) is 7.17. The minimum Gasteiger partial charge on any atom is -0.486 e. The number of likely N-dealkylation sites (N-methyl/N-ethyl adjacent to an activating group) is 1. The van der Waals surface area contributed by atoms with Crippen molar-refractivity contribution in [2.45, 2.75) is 51.2 Å². The number of benzene rings is 1. The molecule has 1 unspecified atom stereocenters. The number of piperazine rings is 1. The van der Waals surface area contributed by atoms with Gasteiger partial charge < -0.3 is 24.2 Å². The zero-order chi connectivity index (χ0) is 20.5. The lowest BCUT2D eigenvalue weighted by Gasteiger charge is -2.44. The van der Waals surface area contributed by atoms with Crippen LogP contribution in [0.3, 0.4) is 0 Å². The van der Waals surface area contributed by atoms with Crippen LogP contribution >= 0.6 is 0 Å². The van der Waals surface area contributed by atoms with Crippen molar-refractivity contribution < 1.29 is 14.3 Å². The summed E-state index contributed by atoms with van der Waals surface area (Å²) in [7, 11) is 0. The SMILES string of the molecule is CCN1CC(N2CCN(c3cccc4c3OCCO4)CC2)N(C2CCCCC2)C1=O. The van der Waals surface area contributed by atoms with Crippen LogP contribution < -0.4 is 14.4 Å². The Hall–Kier alpha value is -2.15. The average Bonchev–Trinajstić information content (AvgIpc) is 3.15. The van der Waals surface area contributed by atoms with Crippen LogP contribution in [0.25, 0.3) is 0 Å². The summed E-state index contributed by atoms with van der Waals surface area (Å²) in [6.07, 6.45) is 6.35. The van der Waals surface area contributed by atoms with Gasteiger partial charge in [0.1, 0.15) is 19.4 Å². The number of hydrogen-bond acceptors (Lipinski definition) is 5. The van der Waals surface area contributed by atoms with Crippen molar-refractivity contribution in [3.05, 3.63) is 18.2 Å². The summed E-state index contributed by atoms with van der Waals surface area (Å²) in [5.41, 5.74) is 1.13. The molecular weight excluding hydrogens is 380 g/mol. The van der Waals surface area contributed by atoms with Crippen molar-refractivity contribution in [2.24, 2.45) is 0 Å². The van der Waals surface area contributed by atoms with Gasteiger partial charge in [-0.05, 0) is 31.9 Å². The second-order valence-electron chi connectivity index (χ2n) is 8.83. The Kier molecular flexibility index (Phi) is 5.63. The molecule has 0 radical (unpaired) electrons. The Morgan fingerprint density at radius 3 is 2.53 bits per heavy atom. The smallest absolute Gasteiger partial charge is 0.321 e. The van der Waals surface area contributed by atoms with Crippen molar-refractivity contribution >= 4 is 11.7 Å². The number of para-hydroxylation sites is 1. The van der Waals surface area contributed by atoms with E-state index in [1.165, 1.54) is 19.3 Å². The summed E-state index contributed by atoms with van der Waals surface area (Å²) in [4.78, 5) is 22.3. The predicted octanol–water partition coefficient (Wildman–Crippen LogP) is 3.00.